The fraction of sp³-hybridized carbons (Fsp3) is 0.429. The fourth-order valence-corrected chi connectivity index (χ4v) is 3.99. The van der Waals surface area contributed by atoms with Crippen molar-refractivity contribution in [1.29, 1.82) is 0 Å². The molecular weight excluding hydrogens is 374 g/mol. The maximum Gasteiger partial charge on any atom is 0.255 e. The predicted molar refractivity (Wildman–Crippen MR) is 114 cm³/mol. The molecule has 1 amide bonds. The number of carbonyl (C=O) groups is 1. The van der Waals surface area contributed by atoms with Crippen LogP contribution in [0.3, 0.4) is 0 Å². The number of halogens is 1. The third kappa shape index (κ3) is 4.23. The molecule has 2 aliphatic rings. The zero-order valence-corrected chi connectivity index (χ0v) is 17.0. The summed E-state index contributed by atoms with van der Waals surface area (Å²) in [5, 5.41) is 0.739. The summed E-state index contributed by atoms with van der Waals surface area (Å²) in [6.07, 6.45) is 3.55. The maximum atomic E-state index is 13.0. The van der Waals surface area contributed by atoms with Crippen molar-refractivity contribution in [2.75, 3.05) is 69.2 Å². The van der Waals surface area contributed by atoms with Crippen molar-refractivity contribution in [3.8, 4) is 0 Å². The standard InChI is InChI=1S/C21H26ClN5O/c1-24-5-7-26(8-6-24)20-13-17(15-23-16-20)21(28)27-11-9-25(10-12-27)19-4-2-3-18(22)14-19/h2-4,13-16H,5-12H2,1H3. The Bertz CT molecular complexity index is 829. The molecule has 6 nitrogen and oxygen atoms in total. The summed E-state index contributed by atoms with van der Waals surface area (Å²) < 4.78 is 0. The van der Waals surface area contributed by atoms with Crippen LogP contribution in [-0.2, 0) is 0 Å². The summed E-state index contributed by atoms with van der Waals surface area (Å²) in [6.45, 7) is 7.00. The van der Waals surface area contributed by atoms with E-state index in [1.807, 2.05) is 35.4 Å². The van der Waals surface area contributed by atoms with E-state index in [-0.39, 0.29) is 5.91 Å². The molecule has 0 radical (unpaired) electrons. The Balaban J connectivity index is 1.39. The number of piperazine rings is 2. The molecule has 28 heavy (non-hydrogen) atoms. The smallest absolute Gasteiger partial charge is 0.255 e. The van der Waals surface area contributed by atoms with Gasteiger partial charge in [-0.3, -0.25) is 9.78 Å². The average Bonchev–Trinajstić information content (AvgIpc) is 2.74. The number of carbonyl (C=O) groups excluding carboxylic acids is 1. The Hall–Kier alpha value is -2.31. The second-order valence-corrected chi connectivity index (χ2v) is 7.92. The number of hydrogen-bond donors (Lipinski definition) is 0. The van der Waals surface area contributed by atoms with Crippen LogP contribution in [-0.4, -0.2) is 80.1 Å². The van der Waals surface area contributed by atoms with Gasteiger partial charge in [-0.1, -0.05) is 17.7 Å². The minimum Gasteiger partial charge on any atom is -0.368 e. The first-order valence-electron chi connectivity index (χ1n) is 9.78. The first kappa shape index (κ1) is 19.0. The molecule has 2 saturated heterocycles. The molecule has 7 heteroatoms. The summed E-state index contributed by atoms with van der Waals surface area (Å²) in [6, 6.07) is 9.87. The van der Waals surface area contributed by atoms with E-state index in [0.29, 0.717) is 18.7 Å². The Morgan fingerprint density at radius 1 is 0.893 bits per heavy atom. The van der Waals surface area contributed by atoms with Crippen LogP contribution in [0, 0.1) is 0 Å². The molecule has 148 valence electrons. The zero-order valence-electron chi connectivity index (χ0n) is 16.2. The predicted octanol–water partition coefficient (Wildman–Crippen LogP) is 2.45. The Labute approximate surface area is 171 Å². The number of nitrogens with zero attached hydrogens (tertiary/aromatic N) is 5. The van der Waals surface area contributed by atoms with E-state index in [1.54, 1.807) is 6.20 Å². The zero-order chi connectivity index (χ0) is 19.5. The van der Waals surface area contributed by atoms with Gasteiger partial charge in [-0.2, -0.15) is 0 Å². The van der Waals surface area contributed by atoms with Gasteiger partial charge >= 0.3 is 0 Å². The molecule has 1 aromatic carbocycles. The first-order valence-corrected chi connectivity index (χ1v) is 10.2. The number of hydrogen-bond acceptors (Lipinski definition) is 5. The van der Waals surface area contributed by atoms with Gasteiger partial charge in [-0.15, -0.1) is 0 Å². The van der Waals surface area contributed by atoms with Crippen LogP contribution >= 0.6 is 11.6 Å². The summed E-state index contributed by atoms with van der Waals surface area (Å²) in [5.41, 5.74) is 2.82. The highest BCUT2D eigenvalue weighted by Crippen LogP contribution is 2.22. The minimum atomic E-state index is 0.0641. The number of anilines is 2. The minimum absolute atomic E-state index is 0.0641. The molecule has 0 atom stereocenters. The monoisotopic (exact) mass is 399 g/mol. The molecule has 0 aliphatic carbocycles. The average molecular weight is 400 g/mol. The van der Waals surface area contributed by atoms with Crippen LogP contribution in [0.1, 0.15) is 10.4 Å². The third-order valence-electron chi connectivity index (χ3n) is 5.58. The van der Waals surface area contributed by atoms with Crippen LogP contribution in [0.2, 0.25) is 5.02 Å². The van der Waals surface area contributed by atoms with Gasteiger partial charge < -0.3 is 19.6 Å². The number of aromatic nitrogens is 1. The second-order valence-electron chi connectivity index (χ2n) is 7.48. The molecule has 4 rings (SSSR count). The molecule has 2 aromatic rings. The lowest BCUT2D eigenvalue weighted by molar-refractivity contribution is 0.0746. The van der Waals surface area contributed by atoms with Crippen LogP contribution < -0.4 is 9.80 Å². The third-order valence-corrected chi connectivity index (χ3v) is 5.81. The van der Waals surface area contributed by atoms with Crippen LogP contribution in [0.15, 0.2) is 42.7 Å². The van der Waals surface area contributed by atoms with Gasteiger partial charge in [0.05, 0.1) is 17.4 Å². The number of likely N-dealkylation sites (N-methyl/N-ethyl adjacent to an activating group) is 1. The van der Waals surface area contributed by atoms with Gasteiger partial charge in [-0.25, -0.2) is 0 Å². The Morgan fingerprint density at radius 2 is 1.57 bits per heavy atom. The summed E-state index contributed by atoms with van der Waals surface area (Å²) in [7, 11) is 2.14. The van der Waals surface area contributed by atoms with E-state index in [0.717, 1.165) is 55.7 Å². The van der Waals surface area contributed by atoms with Crippen molar-refractivity contribution in [3.63, 3.8) is 0 Å². The van der Waals surface area contributed by atoms with Crippen molar-refractivity contribution in [2.24, 2.45) is 0 Å². The quantitative estimate of drug-likeness (QED) is 0.793. The largest absolute Gasteiger partial charge is 0.368 e. The Morgan fingerprint density at radius 3 is 2.29 bits per heavy atom. The van der Waals surface area contributed by atoms with Gasteiger partial charge in [0.2, 0.25) is 0 Å². The van der Waals surface area contributed by atoms with Crippen LogP contribution in [0.25, 0.3) is 0 Å². The molecule has 0 saturated carbocycles. The molecule has 0 spiro atoms. The van der Waals surface area contributed by atoms with E-state index in [1.165, 1.54) is 0 Å². The van der Waals surface area contributed by atoms with Crippen LogP contribution in [0.4, 0.5) is 11.4 Å². The van der Waals surface area contributed by atoms with Crippen molar-refractivity contribution < 1.29 is 4.79 Å². The molecular formula is C21H26ClN5O. The highest BCUT2D eigenvalue weighted by molar-refractivity contribution is 6.30. The molecule has 3 heterocycles. The molecule has 1 aromatic heterocycles. The molecule has 2 aliphatic heterocycles. The van der Waals surface area contributed by atoms with E-state index in [2.05, 4.69) is 32.8 Å². The summed E-state index contributed by atoms with van der Waals surface area (Å²) in [5.74, 6) is 0.0641. The highest BCUT2D eigenvalue weighted by atomic mass is 35.5. The highest BCUT2D eigenvalue weighted by Gasteiger charge is 2.23. The number of rotatable bonds is 3. The molecule has 0 unspecified atom stereocenters. The maximum absolute atomic E-state index is 13.0. The lowest BCUT2D eigenvalue weighted by Gasteiger charge is -2.36. The molecule has 0 bridgehead atoms. The van der Waals surface area contributed by atoms with Crippen LogP contribution in [0.5, 0.6) is 0 Å². The first-order chi connectivity index (χ1) is 13.6. The van der Waals surface area contributed by atoms with Gasteiger partial charge in [0.1, 0.15) is 0 Å². The lowest BCUT2D eigenvalue weighted by Crippen LogP contribution is -2.49. The fourth-order valence-electron chi connectivity index (χ4n) is 3.81. The van der Waals surface area contributed by atoms with Gasteiger partial charge in [0, 0.05) is 69.3 Å². The Kier molecular flexibility index (Phi) is 5.69. The summed E-state index contributed by atoms with van der Waals surface area (Å²) >= 11 is 6.11. The summed E-state index contributed by atoms with van der Waals surface area (Å²) in [4.78, 5) is 26.2. The number of pyridine rings is 1. The molecule has 2 fully saturated rings. The SMILES string of the molecule is CN1CCN(c2cncc(C(=O)N3CCN(c4cccc(Cl)c4)CC3)c2)CC1. The number of amides is 1. The normalized spacial score (nSPS) is 18.4. The topological polar surface area (TPSA) is 42.9 Å². The van der Waals surface area contributed by atoms with Crippen molar-refractivity contribution in [1.82, 2.24) is 14.8 Å². The van der Waals surface area contributed by atoms with Crippen molar-refractivity contribution in [3.05, 3.63) is 53.3 Å². The lowest BCUT2D eigenvalue weighted by atomic mass is 10.2. The van der Waals surface area contributed by atoms with E-state index in [4.69, 9.17) is 11.6 Å². The van der Waals surface area contributed by atoms with Gasteiger partial charge in [0.25, 0.3) is 5.91 Å². The van der Waals surface area contributed by atoms with Gasteiger partial charge in [-0.05, 0) is 31.3 Å². The molecule has 0 N–H and O–H groups in total. The second kappa shape index (κ2) is 8.37. The van der Waals surface area contributed by atoms with E-state index < -0.39 is 0 Å². The van der Waals surface area contributed by atoms with Crippen molar-refractivity contribution >= 4 is 28.9 Å². The van der Waals surface area contributed by atoms with Crippen molar-refractivity contribution in [2.45, 2.75) is 0 Å². The van der Waals surface area contributed by atoms with E-state index in [9.17, 15) is 4.79 Å². The number of benzene rings is 1. The van der Waals surface area contributed by atoms with E-state index >= 15 is 0 Å². The van der Waals surface area contributed by atoms with Gasteiger partial charge in [0.15, 0.2) is 0 Å².